The summed E-state index contributed by atoms with van der Waals surface area (Å²) in [6, 6.07) is 3.27. The number of aryl methyl sites for hydroxylation is 1. The van der Waals surface area contributed by atoms with Gasteiger partial charge in [-0.1, -0.05) is 0 Å². The van der Waals surface area contributed by atoms with E-state index in [2.05, 4.69) is 5.32 Å². The summed E-state index contributed by atoms with van der Waals surface area (Å²) in [5.41, 5.74) is 5.45. The number of benzene rings is 1. The van der Waals surface area contributed by atoms with E-state index < -0.39 is 11.7 Å². The molecular formula is C13H15F3N2O. The van der Waals surface area contributed by atoms with Crippen LogP contribution in [0.2, 0.25) is 0 Å². The van der Waals surface area contributed by atoms with Gasteiger partial charge in [0, 0.05) is 17.6 Å². The molecule has 1 fully saturated rings. The van der Waals surface area contributed by atoms with Gasteiger partial charge in [0.05, 0.1) is 5.56 Å². The first kappa shape index (κ1) is 13.9. The van der Waals surface area contributed by atoms with Crippen LogP contribution in [0.3, 0.4) is 0 Å². The number of halogens is 3. The second kappa shape index (κ2) is 4.85. The van der Waals surface area contributed by atoms with Crippen molar-refractivity contribution in [3.63, 3.8) is 0 Å². The number of nitrogens with one attached hydrogen (secondary N) is 1. The fourth-order valence-electron chi connectivity index (χ4n) is 2.14. The van der Waals surface area contributed by atoms with Crippen molar-refractivity contribution < 1.29 is 18.0 Å². The number of nitrogens with two attached hydrogens (primary N) is 1. The molecule has 104 valence electrons. The number of carbonyl (C=O) groups excluding carboxylic acids is 1. The number of rotatable bonds is 2. The fraction of sp³-hybridized carbons (Fsp3) is 0.462. The van der Waals surface area contributed by atoms with Crippen LogP contribution in [0.4, 0.5) is 13.2 Å². The molecule has 0 bridgehead atoms. The molecule has 0 aromatic heterocycles. The van der Waals surface area contributed by atoms with Crippen molar-refractivity contribution in [3.8, 4) is 0 Å². The van der Waals surface area contributed by atoms with Gasteiger partial charge in [-0.3, -0.25) is 4.79 Å². The van der Waals surface area contributed by atoms with E-state index in [1.807, 2.05) is 0 Å². The molecular weight excluding hydrogens is 257 g/mol. The van der Waals surface area contributed by atoms with Crippen LogP contribution in [0.25, 0.3) is 0 Å². The van der Waals surface area contributed by atoms with Gasteiger partial charge in [0.1, 0.15) is 0 Å². The Morgan fingerprint density at radius 3 is 2.47 bits per heavy atom. The van der Waals surface area contributed by atoms with Gasteiger partial charge < -0.3 is 11.1 Å². The largest absolute Gasteiger partial charge is 0.416 e. The summed E-state index contributed by atoms with van der Waals surface area (Å²) in [6.45, 7) is 1.50. The smallest absolute Gasteiger partial charge is 0.349 e. The second-order valence-electron chi connectivity index (χ2n) is 4.93. The Kier molecular flexibility index (Phi) is 3.54. The Bertz CT molecular complexity index is 493. The molecule has 6 heteroatoms. The van der Waals surface area contributed by atoms with E-state index in [9.17, 15) is 18.0 Å². The molecule has 0 atom stereocenters. The van der Waals surface area contributed by atoms with Crippen molar-refractivity contribution in [3.05, 3.63) is 34.9 Å². The van der Waals surface area contributed by atoms with Gasteiger partial charge in [0.15, 0.2) is 0 Å². The Balaban J connectivity index is 2.10. The molecule has 2 rings (SSSR count). The van der Waals surface area contributed by atoms with Crippen LogP contribution in [0.5, 0.6) is 0 Å². The van der Waals surface area contributed by atoms with Gasteiger partial charge in [-0.25, -0.2) is 0 Å². The lowest BCUT2D eigenvalue weighted by molar-refractivity contribution is -0.137. The minimum atomic E-state index is -4.39. The van der Waals surface area contributed by atoms with Crippen molar-refractivity contribution in [2.45, 2.75) is 38.0 Å². The summed E-state index contributed by atoms with van der Waals surface area (Å²) in [7, 11) is 0. The highest BCUT2D eigenvalue weighted by atomic mass is 19.4. The maximum Gasteiger partial charge on any atom is 0.416 e. The molecule has 1 amide bonds. The number of amides is 1. The molecule has 1 aromatic carbocycles. The van der Waals surface area contributed by atoms with E-state index in [1.165, 1.54) is 13.0 Å². The summed E-state index contributed by atoms with van der Waals surface area (Å²) in [5, 5.41) is 2.76. The van der Waals surface area contributed by atoms with Crippen LogP contribution >= 0.6 is 0 Å². The Labute approximate surface area is 109 Å². The quantitative estimate of drug-likeness (QED) is 0.867. The Morgan fingerprint density at radius 1 is 1.37 bits per heavy atom. The van der Waals surface area contributed by atoms with E-state index in [0.717, 1.165) is 12.1 Å². The van der Waals surface area contributed by atoms with Crippen LogP contribution in [-0.2, 0) is 6.18 Å². The second-order valence-corrected chi connectivity index (χ2v) is 4.93. The maximum absolute atomic E-state index is 12.5. The van der Waals surface area contributed by atoms with Gasteiger partial charge in [0.2, 0.25) is 0 Å². The van der Waals surface area contributed by atoms with E-state index in [0.29, 0.717) is 18.4 Å². The average Bonchev–Trinajstić information content (AvgIpc) is 2.25. The molecule has 1 saturated carbocycles. The molecule has 1 aliphatic rings. The molecule has 0 spiro atoms. The summed E-state index contributed by atoms with van der Waals surface area (Å²) < 4.78 is 37.5. The van der Waals surface area contributed by atoms with Crippen LogP contribution in [0.1, 0.15) is 34.3 Å². The lowest BCUT2D eigenvalue weighted by Gasteiger charge is -2.33. The fourth-order valence-corrected chi connectivity index (χ4v) is 2.14. The van der Waals surface area contributed by atoms with Crippen LogP contribution in [0.15, 0.2) is 18.2 Å². The van der Waals surface area contributed by atoms with Crippen molar-refractivity contribution in [1.82, 2.24) is 5.32 Å². The zero-order valence-electron chi connectivity index (χ0n) is 10.4. The number of hydrogen-bond donors (Lipinski definition) is 2. The molecule has 3 nitrogen and oxygen atoms in total. The molecule has 1 aliphatic carbocycles. The van der Waals surface area contributed by atoms with Gasteiger partial charge in [-0.15, -0.1) is 0 Å². The standard InChI is InChI=1S/C13H15F3N2O/c1-7-4-8(13(14,15)16)2-3-11(7)12(19)18-10-5-9(17)6-10/h2-4,9-10H,5-6,17H2,1H3,(H,18,19). The Morgan fingerprint density at radius 2 is 2.00 bits per heavy atom. The summed E-state index contributed by atoms with van der Waals surface area (Å²) >= 11 is 0. The molecule has 0 radical (unpaired) electrons. The SMILES string of the molecule is Cc1cc(C(F)(F)F)ccc1C(=O)NC1CC(N)C1. The predicted octanol–water partition coefficient (Wildman–Crippen LogP) is 2.23. The molecule has 3 N–H and O–H groups in total. The maximum atomic E-state index is 12.5. The van der Waals surface area contributed by atoms with Crippen molar-refractivity contribution in [2.75, 3.05) is 0 Å². The number of hydrogen-bond acceptors (Lipinski definition) is 2. The third-order valence-electron chi connectivity index (χ3n) is 3.31. The normalized spacial score (nSPS) is 22.8. The minimum Gasteiger partial charge on any atom is -0.349 e. The van der Waals surface area contributed by atoms with Crippen LogP contribution in [-0.4, -0.2) is 18.0 Å². The average molecular weight is 272 g/mol. The number of alkyl halides is 3. The van der Waals surface area contributed by atoms with Gasteiger partial charge >= 0.3 is 6.18 Å². The first-order valence-electron chi connectivity index (χ1n) is 6.01. The Hall–Kier alpha value is -1.56. The monoisotopic (exact) mass is 272 g/mol. The zero-order chi connectivity index (χ0) is 14.2. The summed E-state index contributed by atoms with van der Waals surface area (Å²) in [4.78, 5) is 11.9. The third kappa shape index (κ3) is 3.07. The summed E-state index contributed by atoms with van der Waals surface area (Å²) in [6.07, 6.45) is -2.96. The van der Waals surface area contributed by atoms with E-state index in [-0.39, 0.29) is 23.6 Å². The minimum absolute atomic E-state index is 0.0317. The lowest BCUT2D eigenvalue weighted by atomic mass is 9.87. The first-order chi connectivity index (χ1) is 8.77. The third-order valence-corrected chi connectivity index (χ3v) is 3.31. The van der Waals surface area contributed by atoms with Gasteiger partial charge in [-0.2, -0.15) is 13.2 Å². The van der Waals surface area contributed by atoms with E-state index in [4.69, 9.17) is 5.73 Å². The number of carbonyl (C=O) groups is 1. The molecule has 19 heavy (non-hydrogen) atoms. The van der Waals surface area contributed by atoms with Crippen molar-refractivity contribution >= 4 is 5.91 Å². The summed E-state index contributed by atoms with van der Waals surface area (Å²) in [5.74, 6) is -0.344. The molecule has 0 saturated heterocycles. The lowest BCUT2D eigenvalue weighted by Crippen LogP contribution is -2.50. The van der Waals surface area contributed by atoms with Crippen LogP contribution in [0, 0.1) is 6.92 Å². The van der Waals surface area contributed by atoms with Crippen molar-refractivity contribution in [2.24, 2.45) is 5.73 Å². The van der Waals surface area contributed by atoms with Gasteiger partial charge in [-0.05, 0) is 43.5 Å². The topological polar surface area (TPSA) is 55.1 Å². The highest BCUT2D eigenvalue weighted by Gasteiger charge is 2.32. The predicted molar refractivity (Wildman–Crippen MR) is 64.6 cm³/mol. The highest BCUT2D eigenvalue weighted by Crippen LogP contribution is 2.30. The highest BCUT2D eigenvalue weighted by molar-refractivity contribution is 5.95. The molecule has 0 unspecified atom stereocenters. The molecule has 0 aliphatic heterocycles. The van der Waals surface area contributed by atoms with E-state index >= 15 is 0 Å². The zero-order valence-corrected chi connectivity index (χ0v) is 10.4. The molecule has 0 heterocycles. The van der Waals surface area contributed by atoms with Crippen LogP contribution < -0.4 is 11.1 Å². The van der Waals surface area contributed by atoms with E-state index in [1.54, 1.807) is 0 Å². The van der Waals surface area contributed by atoms with Crippen molar-refractivity contribution in [1.29, 1.82) is 0 Å². The van der Waals surface area contributed by atoms with Gasteiger partial charge in [0.25, 0.3) is 5.91 Å². The molecule has 1 aromatic rings. The first-order valence-corrected chi connectivity index (χ1v) is 6.01.